The second-order valence-electron chi connectivity index (χ2n) is 7.14. The van der Waals surface area contributed by atoms with Crippen LogP contribution in [0.2, 0.25) is 0 Å². The summed E-state index contributed by atoms with van der Waals surface area (Å²) in [5.74, 6) is 0.426. The minimum atomic E-state index is -0.0686. The van der Waals surface area contributed by atoms with Crippen LogP contribution in [0.5, 0.6) is 0 Å². The Labute approximate surface area is 142 Å². The molecule has 3 N–H and O–H groups in total. The third-order valence-electron chi connectivity index (χ3n) is 3.59. The van der Waals surface area contributed by atoms with Crippen LogP contribution < -0.4 is 16.0 Å². The molecule has 0 fully saturated rings. The minimum Gasteiger partial charge on any atom is -0.356 e. The monoisotopic (exact) mass is 327 g/mol. The smallest absolute Gasteiger partial charge is 0.221 e. The Hall–Kier alpha value is -0.940. The molecule has 1 atom stereocenters. The van der Waals surface area contributed by atoms with Crippen molar-refractivity contribution in [3.05, 3.63) is 0 Å². The lowest BCUT2D eigenvalue weighted by Crippen LogP contribution is -2.42. The minimum absolute atomic E-state index is 0.0550. The molecule has 0 aromatic carbocycles. The topological polar surface area (TPSA) is 70.2 Å². The maximum Gasteiger partial charge on any atom is 0.221 e. The molecule has 0 aromatic rings. The van der Waals surface area contributed by atoms with Crippen molar-refractivity contribution in [1.29, 1.82) is 0 Å². The van der Waals surface area contributed by atoms with E-state index < -0.39 is 0 Å². The number of ketones is 1. The van der Waals surface area contributed by atoms with Crippen LogP contribution in [0.3, 0.4) is 0 Å². The third kappa shape index (κ3) is 12.2. The van der Waals surface area contributed by atoms with Crippen molar-refractivity contribution in [2.45, 2.75) is 85.4 Å². The Bertz CT molecular complexity index is 341. The molecule has 0 saturated heterocycles. The molecule has 0 heterocycles. The molecule has 0 aliphatic heterocycles. The van der Waals surface area contributed by atoms with Gasteiger partial charge in [-0.05, 0) is 19.3 Å². The Morgan fingerprint density at radius 3 is 2.04 bits per heavy atom. The highest BCUT2D eigenvalue weighted by Gasteiger charge is 2.21. The summed E-state index contributed by atoms with van der Waals surface area (Å²) in [5.41, 5.74) is 0. The zero-order valence-corrected chi connectivity index (χ0v) is 15.9. The molecule has 5 heteroatoms. The van der Waals surface area contributed by atoms with Gasteiger partial charge in [-0.25, -0.2) is 0 Å². The zero-order valence-electron chi connectivity index (χ0n) is 15.9. The van der Waals surface area contributed by atoms with Crippen molar-refractivity contribution in [1.82, 2.24) is 16.0 Å². The van der Waals surface area contributed by atoms with E-state index in [2.05, 4.69) is 43.6 Å². The van der Waals surface area contributed by atoms with Gasteiger partial charge in [0, 0.05) is 37.5 Å². The molecule has 0 radical (unpaired) electrons. The van der Waals surface area contributed by atoms with Crippen molar-refractivity contribution < 1.29 is 9.59 Å². The number of carbonyl (C=O) groups excluding carboxylic acids is 2. The summed E-state index contributed by atoms with van der Waals surface area (Å²) in [4.78, 5) is 23.8. The van der Waals surface area contributed by atoms with Crippen LogP contribution in [0.1, 0.15) is 67.2 Å². The molecule has 0 aliphatic carbocycles. The van der Waals surface area contributed by atoms with Crippen LogP contribution in [0.4, 0.5) is 0 Å². The Morgan fingerprint density at radius 2 is 1.52 bits per heavy atom. The van der Waals surface area contributed by atoms with Crippen LogP contribution in [-0.4, -0.2) is 42.9 Å². The van der Waals surface area contributed by atoms with Gasteiger partial charge in [0.1, 0.15) is 0 Å². The van der Waals surface area contributed by atoms with Crippen molar-refractivity contribution in [3.8, 4) is 0 Å². The van der Waals surface area contributed by atoms with E-state index in [1.54, 1.807) is 0 Å². The fourth-order valence-corrected chi connectivity index (χ4v) is 2.38. The molecule has 1 amide bonds. The number of Topliss-reactive ketones (excluding diaryl/α,β-unsaturated/α-hetero) is 1. The fourth-order valence-electron chi connectivity index (χ4n) is 2.38. The maximum atomic E-state index is 12.2. The quantitative estimate of drug-likeness (QED) is 0.454. The first-order chi connectivity index (χ1) is 10.7. The van der Waals surface area contributed by atoms with E-state index in [1.807, 2.05) is 13.8 Å². The third-order valence-corrected chi connectivity index (χ3v) is 3.59. The summed E-state index contributed by atoms with van der Waals surface area (Å²) < 4.78 is 0. The average Bonchev–Trinajstić information content (AvgIpc) is 2.43. The molecule has 0 saturated carbocycles. The van der Waals surface area contributed by atoms with Crippen LogP contribution in [0.25, 0.3) is 0 Å². The van der Waals surface area contributed by atoms with E-state index in [0.29, 0.717) is 31.6 Å². The Balaban J connectivity index is 3.89. The van der Waals surface area contributed by atoms with Gasteiger partial charge in [-0.1, -0.05) is 41.5 Å². The van der Waals surface area contributed by atoms with E-state index in [0.717, 1.165) is 19.3 Å². The second-order valence-corrected chi connectivity index (χ2v) is 7.14. The molecule has 1 unspecified atom stereocenters. The van der Waals surface area contributed by atoms with Crippen molar-refractivity contribution in [2.75, 3.05) is 13.1 Å². The van der Waals surface area contributed by atoms with Crippen LogP contribution >= 0.6 is 0 Å². The van der Waals surface area contributed by atoms with Gasteiger partial charge in [0.15, 0.2) is 5.78 Å². The lowest BCUT2D eigenvalue weighted by atomic mass is 9.96. The Morgan fingerprint density at radius 1 is 0.870 bits per heavy atom. The summed E-state index contributed by atoms with van der Waals surface area (Å²) in [6.07, 6.45) is 3.19. The summed E-state index contributed by atoms with van der Waals surface area (Å²) in [6, 6.07) is 0.642. The van der Waals surface area contributed by atoms with E-state index in [9.17, 15) is 9.59 Å². The molecule has 5 nitrogen and oxygen atoms in total. The second kappa shape index (κ2) is 12.5. The van der Waals surface area contributed by atoms with Gasteiger partial charge < -0.3 is 16.0 Å². The fraction of sp³-hybridized carbons (Fsp3) is 0.889. The van der Waals surface area contributed by atoms with Crippen molar-refractivity contribution in [2.24, 2.45) is 5.92 Å². The number of amides is 1. The van der Waals surface area contributed by atoms with Crippen LogP contribution in [-0.2, 0) is 9.59 Å². The molecule has 0 bridgehead atoms. The largest absolute Gasteiger partial charge is 0.356 e. The SMILES string of the molecule is CC(C)NCCC(=O)NCCCCC(NC(C)C)C(=O)C(C)C. The summed E-state index contributed by atoms with van der Waals surface area (Å²) in [5, 5.41) is 9.52. The highest BCUT2D eigenvalue weighted by molar-refractivity contribution is 5.85. The summed E-state index contributed by atoms with van der Waals surface area (Å²) >= 11 is 0. The van der Waals surface area contributed by atoms with Gasteiger partial charge in [-0.15, -0.1) is 0 Å². The molecule has 0 rings (SSSR count). The standard InChI is InChI=1S/C18H37N3O2/c1-13(2)18(23)16(21-15(5)6)9-7-8-11-20-17(22)10-12-19-14(3)4/h13-16,19,21H,7-12H2,1-6H3,(H,20,22). The number of hydrogen-bond acceptors (Lipinski definition) is 4. The normalized spacial score (nSPS) is 12.9. The van der Waals surface area contributed by atoms with E-state index in [1.165, 1.54) is 0 Å². The molecular weight excluding hydrogens is 290 g/mol. The summed E-state index contributed by atoms with van der Waals surface area (Å²) in [6.45, 7) is 13.6. The first kappa shape index (κ1) is 22.1. The first-order valence-electron chi connectivity index (χ1n) is 9.03. The number of hydrogen-bond donors (Lipinski definition) is 3. The van der Waals surface area contributed by atoms with Crippen molar-refractivity contribution >= 4 is 11.7 Å². The molecule has 0 aromatic heterocycles. The van der Waals surface area contributed by atoms with E-state index >= 15 is 0 Å². The van der Waals surface area contributed by atoms with Gasteiger partial charge in [0.2, 0.25) is 5.91 Å². The van der Waals surface area contributed by atoms with E-state index in [-0.39, 0.29) is 23.7 Å². The lowest BCUT2D eigenvalue weighted by molar-refractivity contribution is -0.124. The van der Waals surface area contributed by atoms with Gasteiger partial charge in [0.25, 0.3) is 0 Å². The van der Waals surface area contributed by atoms with Gasteiger partial charge >= 0.3 is 0 Å². The zero-order chi connectivity index (χ0) is 17.8. The molecule has 0 aliphatic rings. The predicted octanol–water partition coefficient (Wildman–Crippen LogP) is 2.25. The number of rotatable bonds is 13. The van der Waals surface area contributed by atoms with Gasteiger partial charge in [-0.2, -0.15) is 0 Å². The van der Waals surface area contributed by atoms with Crippen molar-refractivity contribution in [3.63, 3.8) is 0 Å². The molecule has 0 spiro atoms. The van der Waals surface area contributed by atoms with Crippen LogP contribution in [0.15, 0.2) is 0 Å². The molecule has 136 valence electrons. The highest BCUT2D eigenvalue weighted by atomic mass is 16.1. The summed E-state index contributed by atoms with van der Waals surface area (Å²) in [7, 11) is 0. The van der Waals surface area contributed by atoms with Gasteiger partial charge in [-0.3, -0.25) is 9.59 Å². The maximum absolute atomic E-state index is 12.2. The van der Waals surface area contributed by atoms with Crippen LogP contribution in [0, 0.1) is 5.92 Å². The molecular formula is C18H37N3O2. The van der Waals surface area contributed by atoms with E-state index in [4.69, 9.17) is 0 Å². The lowest BCUT2D eigenvalue weighted by Gasteiger charge is -2.22. The molecule has 23 heavy (non-hydrogen) atoms. The number of unbranched alkanes of at least 4 members (excludes halogenated alkanes) is 1. The van der Waals surface area contributed by atoms with Gasteiger partial charge in [0.05, 0.1) is 6.04 Å². The predicted molar refractivity (Wildman–Crippen MR) is 96.5 cm³/mol. The average molecular weight is 328 g/mol. The first-order valence-corrected chi connectivity index (χ1v) is 9.03. The number of carbonyl (C=O) groups is 2. The Kier molecular flexibility index (Phi) is 12.0. The highest BCUT2D eigenvalue weighted by Crippen LogP contribution is 2.08. The number of nitrogens with one attached hydrogen (secondary N) is 3.